The van der Waals surface area contributed by atoms with E-state index in [1.165, 1.54) is 11.1 Å². The summed E-state index contributed by atoms with van der Waals surface area (Å²) in [6.45, 7) is 3.28. The molecule has 2 atom stereocenters. The minimum Gasteiger partial charge on any atom is -0.465 e. The Kier molecular flexibility index (Phi) is 5.53. The third-order valence-corrected chi connectivity index (χ3v) is 5.63. The number of nitrogens with one attached hydrogen (secondary N) is 1. The fourth-order valence-corrected chi connectivity index (χ4v) is 4.09. The lowest BCUT2D eigenvalue weighted by atomic mass is 9.91. The van der Waals surface area contributed by atoms with Crippen LogP contribution in [0.5, 0.6) is 0 Å². The smallest absolute Gasteiger partial charge is 0.321 e. The number of guanidine groups is 1. The lowest BCUT2D eigenvalue weighted by Crippen LogP contribution is -2.53. The summed E-state index contributed by atoms with van der Waals surface area (Å²) in [5.41, 5.74) is 3.15. The Morgan fingerprint density at radius 3 is 2.69 bits per heavy atom. The largest absolute Gasteiger partial charge is 0.465 e. The van der Waals surface area contributed by atoms with E-state index in [2.05, 4.69) is 17.4 Å². The number of nitrogens with zero attached hydrogens (tertiary/aromatic N) is 2. The Labute approximate surface area is 174 Å². The Morgan fingerprint density at radius 2 is 1.93 bits per heavy atom. The van der Waals surface area contributed by atoms with Crippen LogP contribution < -0.4 is 5.32 Å². The highest BCUT2D eigenvalue weighted by atomic mass is 35.5. The molecule has 2 aromatic rings. The first-order valence-corrected chi connectivity index (χ1v) is 10.1. The summed E-state index contributed by atoms with van der Waals surface area (Å²) >= 11 is 6.39. The van der Waals surface area contributed by atoms with Crippen molar-refractivity contribution in [3.8, 4) is 0 Å². The molecule has 0 aliphatic carbocycles. The number of ether oxygens (including phenoxy) is 1. The lowest BCUT2D eigenvalue weighted by molar-refractivity contribution is -0.153. The summed E-state index contributed by atoms with van der Waals surface area (Å²) in [7, 11) is 0. The van der Waals surface area contributed by atoms with Gasteiger partial charge in [-0.2, -0.15) is 0 Å². The van der Waals surface area contributed by atoms with Crippen LogP contribution in [0, 0.1) is 5.92 Å². The van der Waals surface area contributed by atoms with E-state index in [-0.39, 0.29) is 6.61 Å². The van der Waals surface area contributed by atoms with Gasteiger partial charge in [0.2, 0.25) is 11.9 Å². The molecule has 0 unspecified atom stereocenters. The molecular formula is C22H22ClN3O3. The van der Waals surface area contributed by atoms with Crippen molar-refractivity contribution in [2.24, 2.45) is 10.9 Å². The van der Waals surface area contributed by atoms with Crippen LogP contribution in [0.15, 0.2) is 53.5 Å². The van der Waals surface area contributed by atoms with Crippen LogP contribution in [0.25, 0.3) is 0 Å². The van der Waals surface area contributed by atoms with Crippen LogP contribution in [-0.2, 0) is 27.3 Å². The molecule has 150 valence electrons. The molecule has 0 saturated heterocycles. The number of hydrogen-bond acceptors (Lipinski definition) is 5. The fraction of sp³-hybridized carbons (Fsp3) is 0.318. The summed E-state index contributed by atoms with van der Waals surface area (Å²) in [5, 5.41) is 3.28. The van der Waals surface area contributed by atoms with E-state index in [4.69, 9.17) is 21.3 Å². The van der Waals surface area contributed by atoms with Gasteiger partial charge in [0.15, 0.2) is 5.92 Å². The second kappa shape index (κ2) is 8.25. The molecule has 2 aromatic carbocycles. The molecule has 0 radical (unpaired) electrons. The first kappa shape index (κ1) is 19.5. The van der Waals surface area contributed by atoms with Gasteiger partial charge in [-0.05, 0) is 36.1 Å². The van der Waals surface area contributed by atoms with E-state index in [1.807, 2.05) is 23.1 Å². The molecule has 0 aromatic heterocycles. The summed E-state index contributed by atoms with van der Waals surface area (Å²) in [4.78, 5) is 32.3. The Balaban J connectivity index is 1.70. The van der Waals surface area contributed by atoms with Gasteiger partial charge in [0.25, 0.3) is 0 Å². The van der Waals surface area contributed by atoms with Crippen molar-refractivity contribution in [3.05, 3.63) is 70.2 Å². The third-order valence-electron chi connectivity index (χ3n) is 5.29. The molecule has 0 spiro atoms. The molecule has 4 rings (SSSR count). The molecule has 1 amide bonds. The number of carbonyl (C=O) groups excluding carboxylic acids is 2. The van der Waals surface area contributed by atoms with E-state index >= 15 is 0 Å². The molecule has 0 bridgehead atoms. The van der Waals surface area contributed by atoms with Crippen LogP contribution in [-0.4, -0.2) is 35.9 Å². The molecule has 1 N–H and O–H groups in total. The van der Waals surface area contributed by atoms with Crippen molar-refractivity contribution in [1.82, 2.24) is 10.2 Å². The molecule has 0 saturated carbocycles. The van der Waals surface area contributed by atoms with Gasteiger partial charge in [-0.1, -0.05) is 54.1 Å². The maximum Gasteiger partial charge on any atom is 0.321 e. The number of rotatable bonds is 3. The normalized spacial score (nSPS) is 21.1. The van der Waals surface area contributed by atoms with E-state index < -0.39 is 23.8 Å². The Hall–Kier alpha value is -2.86. The average molecular weight is 412 g/mol. The first-order valence-electron chi connectivity index (χ1n) is 9.70. The third kappa shape index (κ3) is 3.85. The highest BCUT2D eigenvalue weighted by molar-refractivity contribution is 6.31. The minimum absolute atomic E-state index is 0.192. The highest BCUT2D eigenvalue weighted by Crippen LogP contribution is 2.35. The van der Waals surface area contributed by atoms with Crippen LogP contribution >= 0.6 is 11.6 Å². The highest BCUT2D eigenvalue weighted by Gasteiger charge is 2.42. The molecule has 6 nitrogen and oxygen atoms in total. The predicted octanol–water partition coefficient (Wildman–Crippen LogP) is 3.10. The van der Waals surface area contributed by atoms with Crippen molar-refractivity contribution in [2.75, 3.05) is 13.2 Å². The first-order chi connectivity index (χ1) is 14.1. The lowest BCUT2D eigenvalue weighted by Gasteiger charge is -2.36. The monoisotopic (exact) mass is 411 g/mol. The Bertz CT molecular complexity index is 975. The van der Waals surface area contributed by atoms with Crippen LogP contribution in [0.1, 0.15) is 29.7 Å². The summed E-state index contributed by atoms with van der Waals surface area (Å²) in [6.07, 6.45) is 0.864. The van der Waals surface area contributed by atoms with E-state index in [0.717, 1.165) is 13.0 Å². The maximum absolute atomic E-state index is 12.9. The molecule has 2 aliphatic heterocycles. The van der Waals surface area contributed by atoms with Gasteiger partial charge in [-0.15, -0.1) is 0 Å². The van der Waals surface area contributed by atoms with E-state index in [9.17, 15) is 9.59 Å². The molecule has 29 heavy (non-hydrogen) atoms. The van der Waals surface area contributed by atoms with Crippen molar-refractivity contribution in [1.29, 1.82) is 0 Å². The summed E-state index contributed by atoms with van der Waals surface area (Å²) < 4.78 is 5.14. The number of amides is 1. The topological polar surface area (TPSA) is 71.0 Å². The van der Waals surface area contributed by atoms with Gasteiger partial charge >= 0.3 is 5.97 Å². The molecule has 7 heteroatoms. The van der Waals surface area contributed by atoms with Crippen LogP contribution in [0.3, 0.4) is 0 Å². The van der Waals surface area contributed by atoms with Gasteiger partial charge in [-0.25, -0.2) is 4.99 Å². The molecule has 2 aliphatic rings. The van der Waals surface area contributed by atoms with Gasteiger partial charge in [0, 0.05) is 18.1 Å². The van der Waals surface area contributed by atoms with Gasteiger partial charge < -0.3 is 9.64 Å². The van der Waals surface area contributed by atoms with E-state index in [0.29, 0.717) is 23.1 Å². The summed E-state index contributed by atoms with van der Waals surface area (Å²) in [6, 6.07) is 14.7. The van der Waals surface area contributed by atoms with Crippen LogP contribution in [0.2, 0.25) is 5.02 Å². The fourth-order valence-electron chi connectivity index (χ4n) is 3.84. The zero-order valence-electron chi connectivity index (χ0n) is 16.1. The van der Waals surface area contributed by atoms with Crippen molar-refractivity contribution >= 4 is 29.4 Å². The van der Waals surface area contributed by atoms with Gasteiger partial charge in [-0.3, -0.25) is 14.9 Å². The quantitative estimate of drug-likeness (QED) is 0.622. The van der Waals surface area contributed by atoms with E-state index in [1.54, 1.807) is 25.1 Å². The average Bonchev–Trinajstić information content (AvgIpc) is 2.73. The number of benzene rings is 2. The summed E-state index contributed by atoms with van der Waals surface area (Å²) in [5.74, 6) is -1.62. The second-order valence-electron chi connectivity index (χ2n) is 7.08. The SMILES string of the molecule is CCOC(=O)[C@H]1C(=O)NC(N2CCc3ccccc3C2)=N[C@@H]1c1ccccc1Cl. The number of aliphatic imine (C=N–C) groups is 1. The second-order valence-corrected chi connectivity index (χ2v) is 7.49. The van der Waals surface area contributed by atoms with Gasteiger partial charge in [0.1, 0.15) is 6.04 Å². The van der Waals surface area contributed by atoms with Crippen LogP contribution in [0.4, 0.5) is 0 Å². The van der Waals surface area contributed by atoms with Gasteiger partial charge in [0.05, 0.1) is 6.61 Å². The molecular weight excluding hydrogens is 390 g/mol. The maximum atomic E-state index is 12.9. The minimum atomic E-state index is -1.07. The number of halogens is 1. The van der Waals surface area contributed by atoms with Crippen molar-refractivity contribution < 1.29 is 14.3 Å². The Morgan fingerprint density at radius 1 is 1.21 bits per heavy atom. The zero-order valence-corrected chi connectivity index (χ0v) is 16.9. The number of hydrogen-bond donors (Lipinski definition) is 1. The molecule has 2 heterocycles. The molecule has 0 fully saturated rings. The van der Waals surface area contributed by atoms with Crippen molar-refractivity contribution in [2.45, 2.75) is 25.9 Å². The number of carbonyl (C=O) groups is 2. The number of fused-ring (bicyclic) bond motifs is 1. The van der Waals surface area contributed by atoms with Crippen molar-refractivity contribution in [3.63, 3.8) is 0 Å². The number of esters is 1. The predicted molar refractivity (Wildman–Crippen MR) is 110 cm³/mol. The standard InChI is InChI=1S/C22H22ClN3O3/c1-2-29-21(28)18-19(16-9-5-6-10-17(16)23)24-22(25-20(18)27)26-12-11-14-7-3-4-8-15(14)13-26/h3-10,18-19H,2,11-13H2,1H3,(H,24,25,27)/t18-,19-/m1/s1. The zero-order chi connectivity index (χ0) is 20.4.